The van der Waals surface area contributed by atoms with Crippen LogP contribution in [0.1, 0.15) is 16.7 Å². The Bertz CT molecular complexity index is 1170. The average Bonchev–Trinajstić information content (AvgIpc) is 2.98. The topological polar surface area (TPSA) is 58.6 Å². The van der Waals surface area contributed by atoms with E-state index in [0.717, 1.165) is 22.4 Å². The summed E-state index contributed by atoms with van der Waals surface area (Å²) >= 11 is 0. The molecule has 30 heavy (non-hydrogen) atoms. The van der Waals surface area contributed by atoms with Crippen LogP contribution in [-0.4, -0.2) is 18.9 Å². The number of anilines is 2. The highest BCUT2D eigenvalue weighted by Crippen LogP contribution is 2.36. The van der Waals surface area contributed by atoms with Crippen LogP contribution in [0.3, 0.4) is 0 Å². The predicted octanol–water partition coefficient (Wildman–Crippen LogP) is 4.71. The summed E-state index contributed by atoms with van der Waals surface area (Å²) in [6, 6.07) is 22.2. The number of hydrogen-bond acceptors (Lipinski definition) is 4. The molecule has 4 rings (SSSR count). The third kappa shape index (κ3) is 3.46. The molecule has 0 unspecified atom stereocenters. The summed E-state index contributed by atoms with van der Waals surface area (Å²) in [6.45, 7) is 3.94. The lowest BCUT2D eigenvalue weighted by molar-refractivity contribution is -0.120. The number of nitrogens with zero attached hydrogens (tertiary/aromatic N) is 1. The molecule has 0 atom stereocenters. The summed E-state index contributed by atoms with van der Waals surface area (Å²) in [5, 5.41) is 3.18. The third-order valence-corrected chi connectivity index (χ3v) is 5.09. The van der Waals surface area contributed by atoms with Gasteiger partial charge in [0, 0.05) is 11.8 Å². The van der Waals surface area contributed by atoms with Gasteiger partial charge in [0.05, 0.1) is 18.4 Å². The molecule has 1 aliphatic rings. The molecule has 2 amide bonds. The lowest BCUT2D eigenvalue weighted by atomic mass is 9.97. The molecule has 0 saturated carbocycles. The fraction of sp³-hybridized carbons (Fsp3) is 0.120. The summed E-state index contributed by atoms with van der Waals surface area (Å²) in [4.78, 5) is 28.1. The largest absolute Gasteiger partial charge is 0.497 e. The summed E-state index contributed by atoms with van der Waals surface area (Å²) in [5.74, 6) is -0.184. The first-order valence-electron chi connectivity index (χ1n) is 9.66. The van der Waals surface area contributed by atoms with Crippen molar-refractivity contribution in [2.45, 2.75) is 13.8 Å². The molecule has 0 saturated heterocycles. The predicted molar refractivity (Wildman–Crippen MR) is 118 cm³/mol. The second-order valence-corrected chi connectivity index (χ2v) is 7.21. The monoisotopic (exact) mass is 398 g/mol. The molecule has 0 radical (unpaired) electrons. The van der Waals surface area contributed by atoms with Crippen LogP contribution in [0, 0.1) is 13.8 Å². The minimum Gasteiger partial charge on any atom is -0.497 e. The summed E-state index contributed by atoms with van der Waals surface area (Å²) in [6.07, 6.45) is 0. The van der Waals surface area contributed by atoms with Gasteiger partial charge in [0.25, 0.3) is 11.8 Å². The molecule has 0 bridgehead atoms. The van der Waals surface area contributed by atoms with E-state index in [0.29, 0.717) is 17.0 Å². The van der Waals surface area contributed by atoms with Crippen LogP contribution >= 0.6 is 0 Å². The maximum Gasteiger partial charge on any atom is 0.282 e. The Morgan fingerprint density at radius 2 is 1.60 bits per heavy atom. The van der Waals surface area contributed by atoms with E-state index < -0.39 is 5.91 Å². The fourth-order valence-corrected chi connectivity index (χ4v) is 3.64. The lowest BCUT2D eigenvalue weighted by Crippen LogP contribution is -2.32. The first-order valence-corrected chi connectivity index (χ1v) is 9.66. The zero-order chi connectivity index (χ0) is 21.3. The van der Waals surface area contributed by atoms with Crippen molar-refractivity contribution in [2.75, 3.05) is 17.3 Å². The number of methoxy groups -OCH3 is 1. The smallest absolute Gasteiger partial charge is 0.282 e. The average molecular weight is 398 g/mol. The summed E-state index contributed by atoms with van der Waals surface area (Å²) < 4.78 is 5.27. The molecule has 0 aromatic heterocycles. The standard InChI is InChI=1S/C25H22N2O3/c1-16-12-13-21(17(2)14-16)22-23(26-18-8-5-4-6-9-18)25(29)27(24(22)28)19-10-7-11-20(15-19)30-3/h4-15,26H,1-3H3. The van der Waals surface area contributed by atoms with E-state index in [4.69, 9.17) is 4.74 Å². The van der Waals surface area contributed by atoms with Gasteiger partial charge in [-0.3, -0.25) is 9.59 Å². The molecular weight excluding hydrogens is 376 g/mol. The van der Waals surface area contributed by atoms with Gasteiger partial charge in [0.2, 0.25) is 0 Å². The van der Waals surface area contributed by atoms with E-state index in [9.17, 15) is 9.59 Å². The number of amides is 2. The van der Waals surface area contributed by atoms with Gasteiger partial charge < -0.3 is 10.1 Å². The Morgan fingerprint density at radius 3 is 2.30 bits per heavy atom. The van der Waals surface area contributed by atoms with Crippen LogP contribution in [0.5, 0.6) is 5.75 Å². The Labute approximate surface area is 175 Å². The molecule has 1 N–H and O–H groups in total. The van der Waals surface area contributed by atoms with Gasteiger partial charge >= 0.3 is 0 Å². The molecule has 5 nitrogen and oxygen atoms in total. The van der Waals surface area contributed by atoms with Crippen molar-refractivity contribution in [3.8, 4) is 5.75 Å². The van der Waals surface area contributed by atoms with Crippen LogP contribution in [0.4, 0.5) is 11.4 Å². The molecule has 1 aliphatic heterocycles. The Hall–Kier alpha value is -3.86. The van der Waals surface area contributed by atoms with Crippen molar-refractivity contribution in [3.05, 3.63) is 95.2 Å². The van der Waals surface area contributed by atoms with E-state index in [2.05, 4.69) is 5.32 Å². The van der Waals surface area contributed by atoms with Crippen molar-refractivity contribution in [3.63, 3.8) is 0 Å². The number of carbonyl (C=O) groups is 2. The van der Waals surface area contributed by atoms with Crippen molar-refractivity contribution >= 4 is 28.8 Å². The minimum atomic E-state index is -0.396. The molecule has 150 valence electrons. The fourth-order valence-electron chi connectivity index (χ4n) is 3.64. The molecule has 3 aromatic carbocycles. The van der Waals surface area contributed by atoms with Crippen LogP contribution in [-0.2, 0) is 9.59 Å². The second-order valence-electron chi connectivity index (χ2n) is 7.21. The van der Waals surface area contributed by atoms with Crippen molar-refractivity contribution in [1.29, 1.82) is 0 Å². The van der Waals surface area contributed by atoms with Crippen LogP contribution in [0.2, 0.25) is 0 Å². The normalized spacial score (nSPS) is 13.8. The number of nitrogens with one attached hydrogen (secondary N) is 1. The van der Waals surface area contributed by atoms with Gasteiger partial charge in [0.15, 0.2) is 0 Å². The van der Waals surface area contributed by atoms with E-state index in [1.807, 2.05) is 62.4 Å². The summed E-state index contributed by atoms with van der Waals surface area (Å²) in [7, 11) is 1.55. The molecular formula is C25H22N2O3. The molecule has 3 aromatic rings. The quantitative estimate of drug-likeness (QED) is 0.633. The van der Waals surface area contributed by atoms with Gasteiger partial charge in [-0.1, -0.05) is 48.0 Å². The van der Waals surface area contributed by atoms with Crippen molar-refractivity contribution < 1.29 is 14.3 Å². The maximum absolute atomic E-state index is 13.5. The first kappa shape index (κ1) is 19.5. The van der Waals surface area contributed by atoms with Crippen LogP contribution in [0.25, 0.3) is 5.57 Å². The number of para-hydroxylation sites is 1. The van der Waals surface area contributed by atoms with E-state index in [1.165, 1.54) is 4.90 Å². The Balaban J connectivity index is 1.85. The number of ether oxygens (including phenoxy) is 1. The van der Waals surface area contributed by atoms with Gasteiger partial charge in [0.1, 0.15) is 11.4 Å². The third-order valence-electron chi connectivity index (χ3n) is 5.09. The zero-order valence-electron chi connectivity index (χ0n) is 17.1. The minimum absolute atomic E-state index is 0.265. The van der Waals surface area contributed by atoms with Gasteiger partial charge in [-0.25, -0.2) is 4.90 Å². The highest BCUT2D eigenvalue weighted by atomic mass is 16.5. The Kier molecular flexibility index (Phi) is 5.11. The van der Waals surface area contributed by atoms with Gasteiger partial charge in [-0.15, -0.1) is 0 Å². The van der Waals surface area contributed by atoms with Gasteiger partial charge in [-0.2, -0.15) is 0 Å². The number of benzene rings is 3. The maximum atomic E-state index is 13.5. The summed E-state index contributed by atoms with van der Waals surface area (Å²) in [5.41, 5.74) is 4.61. The van der Waals surface area contributed by atoms with Crippen LogP contribution < -0.4 is 15.0 Å². The van der Waals surface area contributed by atoms with E-state index in [1.54, 1.807) is 31.4 Å². The number of carbonyl (C=O) groups excluding carboxylic acids is 2. The molecule has 1 heterocycles. The van der Waals surface area contributed by atoms with Crippen molar-refractivity contribution in [1.82, 2.24) is 0 Å². The van der Waals surface area contributed by atoms with E-state index >= 15 is 0 Å². The zero-order valence-corrected chi connectivity index (χ0v) is 17.1. The van der Waals surface area contributed by atoms with Crippen molar-refractivity contribution in [2.24, 2.45) is 0 Å². The molecule has 5 heteroatoms. The SMILES string of the molecule is COc1cccc(N2C(=O)C(Nc3ccccc3)=C(c3ccc(C)cc3C)C2=O)c1. The first-order chi connectivity index (χ1) is 14.5. The number of aryl methyl sites for hydroxylation is 2. The number of rotatable bonds is 5. The molecule has 0 fully saturated rings. The van der Waals surface area contributed by atoms with Crippen LogP contribution in [0.15, 0.2) is 78.5 Å². The molecule has 0 aliphatic carbocycles. The van der Waals surface area contributed by atoms with E-state index in [-0.39, 0.29) is 11.6 Å². The highest BCUT2D eigenvalue weighted by molar-refractivity contribution is 6.46. The number of imide groups is 1. The molecule has 0 spiro atoms. The Morgan fingerprint density at radius 1 is 0.833 bits per heavy atom. The highest BCUT2D eigenvalue weighted by Gasteiger charge is 2.40. The van der Waals surface area contributed by atoms with Gasteiger partial charge in [-0.05, 0) is 49.2 Å². The number of hydrogen-bond donors (Lipinski definition) is 1. The second kappa shape index (κ2) is 7.87. The lowest BCUT2D eigenvalue weighted by Gasteiger charge is -2.16.